The monoisotopic (exact) mass is 537 g/mol. The van der Waals surface area contributed by atoms with Gasteiger partial charge >= 0.3 is 13.6 Å². The highest BCUT2D eigenvalue weighted by atomic mass is 35.5. The molecule has 14 nitrogen and oxygen atoms in total. The average Bonchev–Trinajstić information content (AvgIpc) is 3.33. The quantitative estimate of drug-likeness (QED) is 0.181. The van der Waals surface area contributed by atoms with Crippen LogP contribution in [0.25, 0.3) is 11.2 Å². The second kappa shape index (κ2) is 11.0. The number of imidazole rings is 1. The van der Waals surface area contributed by atoms with Gasteiger partial charge < -0.3 is 39.2 Å². The summed E-state index contributed by atoms with van der Waals surface area (Å²) in [7, 11) is -4.66. The van der Waals surface area contributed by atoms with E-state index in [1.165, 1.54) is 24.7 Å². The van der Waals surface area contributed by atoms with Crippen molar-refractivity contribution in [3.05, 3.63) is 11.6 Å². The topological polar surface area (TPSA) is 187 Å². The minimum Gasteiger partial charge on any atom is -0.463 e. The average molecular weight is 538 g/mol. The highest BCUT2D eigenvalue weighted by Gasteiger charge is 2.55. The van der Waals surface area contributed by atoms with Crippen LogP contribution in [0.1, 0.15) is 33.9 Å². The zero-order valence-electron chi connectivity index (χ0n) is 19.6. The number of aromatic nitrogens is 4. The number of nitrogens with zero attached hydrogens (tertiary/aromatic N) is 4. The van der Waals surface area contributed by atoms with Gasteiger partial charge in [0.1, 0.15) is 18.3 Å². The maximum atomic E-state index is 12.7. The lowest BCUT2D eigenvalue weighted by molar-refractivity contribution is -0.167. The molecule has 0 radical (unpaired) electrons. The van der Waals surface area contributed by atoms with Crippen LogP contribution >= 0.6 is 19.2 Å². The number of hydrogen-bond donors (Lipinski definition) is 4. The molecule has 196 valence electrons. The number of anilines is 1. The van der Waals surface area contributed by atoms with E-state index in [4.69, 9.17) is 30.3 Å². The predicted octanol–water partition coefficient (Wildman–Crippen LogP) is 1.05. The van der Waals surface area contributed by atoms with E-state index in [1.54, 1.807) is 0 Å². The molecule has 35 heavy (non-hydrogen) atoms. The van der Waals surface area contributed by atoms with Gasteiger partial charge in [-0.2, -0.15) is 9.97 Å². The van der Waals surface area contributed by atoms with E-state index in [9.17, 15) is 24.5 Å². The van der Waals surface area contributed by atoms with Crippen LogP contribution in [-0.2, 0) is 28.1 Å². The Labute approximate surface area is 206 Å². The number of fused-ring (bicyclic) bond motifs is 1. The fraction of sp³-hybridized carbons (Fsp3) is 0.684. The lowest BCUT2D eigenvalue weighted by Crippen LogP contribution is -2.44. The number of carbonyl (C=O) groups is 1. The second-order valence-corrected chi connectivity index (χ2v) is 10.2. The molecule has 1 fully saturated rings. The van der Waals surface area contributed by atoms with Crippen LogP contribution in [0, 0.1) is 0 Å². The van der Waals surface area contributed by atoms with Crippen molar-refractivity contribution in [1.82, 2.24) is 19.5 Å². The van der Waals surface area contributed by atoms with Gasteiger partial charge in [0.15, 0.2) is 23.2 Å². The predicted molar refractivity (Wildman–Crippen MR) is 123 cm³/mol. The molecule has 0 aliphatic carbocycles. The van der Waals surface area contributed by atoms with Crippen LogP contribution in [0.2, 0.25) is 5.28 Å². The van der Waals surface area contributed by atoms with Gasteiger partial charge in [-0.3, -0.25) is 9.13 Å². The van der Waals surface area contributed by atoms with E-state index in [0.29, 0.717) is 17.9 Å². The van der Waals surface area contributed by atoms with Crippen molar-refractivity contribution >= 4 is 42.1 Å². The summed E-state index contributed by atoms with van der Waals surface area (Å²) in [6.07, 6.45) is -3.96. The van der Waals surface area contributed by atoms with Gasteiger partial charge in [0, 0.05) is 6.54 Å². The Morgan fingerprint density at radius 3 is 2.63 bits per heavy atom. The van der Waals surface area contributed by atoms with Crippen molar-refractivity contribution in [3.8, 4) is 0 Å². The molecule has 1 aliphatic heterocycles. The fourth-order valence-electron chi connectivity index (χ4n) is 3.53. The number of ether oxygens (including phenoxy) is 3. The summed E-state index contributed by atoms with van der Waals surface area (Å²) >= 11 is 6.03. The number of halogens is 1. The molecule has 2 aromatic rings. The Hall–Kier alpha value is -1.90. The van der Waals surface area contributed by atoms with E-state index >= 15 is 0 Å². The molecular formula is C19H29ClN5O9P. The molecule has 1 aliphatic rings. The molecule has 0 amide bonds. The first-order chi connectivity index (χ1) is 16.5. The normalized spacial score (nSPS) is 25.8. The molecule has 4 N–H and O–H groups in total. The molecule has 0 bridgehead atoms. The number of nitrogens with one attached hydrogen (secondary N) is 1. The third-order valence-electron chi connectivity index (χ3n) is 5.38. The molecule has 6 atom stereocenters. The first-order valence-corrected chi connectivity index (χ1v) is 12.9. The summed E-state index contributed by atoms with van der Waals surface area (Å²) in [6.45, 7) is 5.69. The summed E-state index contributed by atoms with van der Waals surface area (Å²) in [4.78, 5) is 35.3. The summed E-state index contributed by atoms with van der Waals surface area (Å²) in [5.41, 5.74) is 0.611. The largest absolute Gasteiger partial charge is 0.463 e. The van der Waals surface area contributed by atoms with E-state index < -0.39 is 50.1 Å². The van der Waals surface area contributed by atoms with Gasteiger partial charge in [0.05, 0.1) is 26.1 Å². The highest BCUT2D eigenvalue weighted by molar-refractivity contribution is 7.55. The Balaban J connectivity index is 1.85. The van der Waals surface area contributed by atoms with Gasteiger partial charge in [-0.15, -0.1) is 0 Å². The molecule has 3 heterocycles. The van der Waals surface area contributed by atoms with E-state index in [2.05, 4.69) is 20.3 Å². The molecule has 2 aromatic heterocycles. The zero-order valence-corrected chi connectivity index (χ0v) is 21.3. The molecule has 1 saturated heterocycles. The Morgan fingerprint density at radius 1 is 1.29 bits per heavy atom. The standard InChI is InChI=1S/C19H29ClN5O9P/c1-5-21-14-11-15(24-18(20)23-14)25(9-22-11)16-13(27)12(26)10(34-16)8-32-19(4,17(28)31-6-2)35(29,30)33-7-3/h9-10,12-13,16,26-27H,5-8H2,1-4H3,(H,29,30)(H,21,23,24)/t10-,12-,13-,16-,19+/m1/s1. The molecule has 0 spiro atoms. The number of hydrogen-bond acceptors (Lipinski definition) is 12. The zero-order chi connectivity index (χ0) is 26.0. The van der Waals surface area contributed by atoms with Gasteiger partial charge in [0.25, 0.3) is 5.34 Å². The van der Waals surface area contributed by atoms with Gasteiger partial charge in [-0.05, 0) is 39.3 Å². The molecular weight excluding hydrogens is 509 g/mol. The van der Waals surface area contributed by atoms with Gasteiger partial charge in [-0.25, -0.2) is 9.78 Å². The fourth-order valence-corrected chi connectivity index (χ4v) is 4.82. The summed E-state index contributed by atoms with van der Waals surface area (Å²) in [6, 6.07) is 0. The minimum atomic E-state index is -4.66. The number of rotatable bonds is 11. The maximum Gasteiger partial charge on any atom is 0.370 e. The molecule has 16 heteroatoms. The summed E-state index contributed by atoms with van der Waals surface area (Å²) in [5, 5.41) is 21.8. The van der Waals surface area contributed by atoms with E-state index in [1.807, 2.05) is 6.92 Å². The third kappa shape index (κ3) is 5.30. The van der Waals surface area contributed by atoms with Crippen molar-refractivity contribution < 1.29 is 43.2 Å². The lowest BCUT2D eigenvalue weighted by Gasteiger charge is -2.31. The van der Waals surface area contributed by atoms with Crippen LogP contribution in [0.3, 0.4) is 0 Å². The van der Waals surface area contributed by atoms with E-state index in [0.717, 1.165) is 6.92 Å². The minimum absolute atomic E-state index is 0.0667. The van der Waals surface area contributed by atoms with E-state index in [-0.39, 0.29) is 24.1 Å². The SMILES string of the molecule is CCNc1nc(Cl)nc2c1ncn2[C@@H]1O[C@H](CO[C@](C)(C(=O)OCC)P(=O)(O)OCC)[C@@H](O)[C@H]1O. The van der Waals surface area contributed by atoms with Crippen LogP contribution in [0.15, 0.2) is 6.33 Å². The maximum absolute atomic E-state index is 12.7. The molecule has 3 rings (SSSR count). The van der Waals surface area contributed by atoms with Crippen molar-refractivity contribution in [2.45, 2.75) is 57.6 Å². The van der Waals surface area contributed by atoms with Crippen molar-refractivity contribution in [1.29, 1.82) is 0 Å². The van der Waals surface area contributed by atoms with Gasteiger partial charge in [0.2, 0.25) is 5.28 Å². The first kappa shape index (κ1) is 27.7. The molecule has 0 aromatic carbocycles. The lowest BCUT2D eigenvalue weighted by atomic mass is 10.1. The van der Waals surface area contributed by atoms with Crippen LogP contribution in [0.4, 0.5) is 5.82 Å². The highest BCUT2D eigenvalue weighted by Crippen LogP contribution is 2.56. The third-order valence-corrected chi connectivity index (χ3v) is 7.54. The molecule has 1 unspecified atom stereocenters. The number of aliphatic hydroxyl groups is 2. The Bertz CT molecular complexity index is 1100. The Morgan fingerprint density at radius 2 is 2.00 bits per heavy atom. The van der Waals surface area contributed by atoms with Crippen LogP contribution < -0.4 is 5.32 Å². The van der Waals surface area contributed by atoms with Crippen molar-refractivity contribution in [2.24, 2.45) is 0 Å². The van der Waals surface area contributed by atoms with Crippen LogP contribution in [-0.4, -0.2) is 90.6 Å². The first-order valence-electron chi connectivity index (χ1n) is 10.9. The molecule has 0 saturated carbocycles. The summed E-state index contributed by atoms with van der Waals surface area (Å²) in [5.74, 6) is -0.735. The smallest absolute Gasteiger partial charge is 0.370 e. The Kier molecular flexibility index (Phi) is 8.71. The second-order valence-electron chi connectivity index (χ2n) is 7.69. The van der Waals surface area contributed by atoms with Gasteiger partial charge in [-0.1, -0.05) is 0 Å². The summed E-state index contributed by atoms with van der Waals surface area (Å²) < 4.78 is 35.2. The number of esters is 1. The van der Waals surface area contributed by atoms with Crippen molar-refractivity contribution in [3.63, 3.8) is 0 Å². The number of aliphatic hydroxyl groups excluding tert-OH is 2. The van der Waals surface area contributed by atoms with Crippen molar-refractivity contribution in [2.75, 3.05) is 31.7 Å². The number of carbonyl (C=O) groups excluding carboxylic acids is 1. The van der Waals surface area contributed by atoms with Crippen LogP contribution in [0.5, 0.6) is 0 Å².